The SMILES string of the molecule is OC(COc1cccc(F)c1)(c1ccc2c(cnn2-c2ccccc2)c1)C(F)(F)F. The molecule has 0 aliphatic carbocycles. The Balaban J connectivity index is 1.70. The Morgan fingerprint density at radius 2 is 1.70 bits per heavy atom. The molecule has 0 saturated carbocycles. The van der Waals surface area contributed by atoms with Gasteiger partial charge in [-0.15, -0.1) is 0 Å². The highest BCUT2D eigenvalue weighted by Crippen LogP contribution is 2.40. The lowest BCUT2D eigenvalue weighted by atomic mass is 9.93. The van der Waals surface area contributed by atoms with Crippen molar-refractivity contribution in [2.75, 3.05) is 6.61 Å². The third kappa shape index (κ3) is 3.61. The minimum absolute atomic E-state index is 0.115. The average molecular weight is 416 g/mol. The molecule has 30 heavy (non-hydrogen) atoms. The number of hydrogen-bond acceptors (Lipinski definition) is 3. The van der Waals surface area contributed by atoms with Gasteiger partial charge in [-0.05, 0) is 42.0 Å². The van der Waals surface area contributed by atoms with Crippen LogP contribution < -0.4 is 4.74 Å². The summed E-state index contributed by atoms with van der Waals surface area (Å²) in [7, 11) is 0. The third-order valence-corrected chi connectivity index (χ3v) is 4.76. The van der Waals surface area contributed by atoms with Crippen molar-refractivity contribution >= 4 is 10.9 Å². The molecule has 1 aromatic heterocycles. The summed E-state index contributed by atoms with van der Waals surface area (Å²) in [5.41, 5.74) is -2.35. The zero-order valence-corrected chi connectivity index (χ0v) is 15.5. The van der Waals surface area contributed by atoms with Gasteiger partial charge in [0.15, 0.2) is 0 Å². The highest BCUT2D eigenvalue weighted by molar-refractivity contribution is 5.81. The number of fused-ring (bicyclic) bond motifs is 1. The number of para-hydroxylation sites is 1. The number of benzene rings is 3. The molecule has 0 saturated heterocycles. The third-order valence-electron chi connectivity index (χ3n) is 4.76. The zero-order valence-electron chi connectivity index (χ0n) is 15.5. The number of aliphatic hydroxyl groups is 1. The molecule has 0 radical (unpaired) electrons. The van der Waals surface area contributed by atoms with Crippen molar-refractivity contribution in [2.24, 2.45) is 0 Å². The molecular formula is C22H16F4N2O2. The second-order valence-electron chi connectivity index (χ2n) is 6.77. The largest absolute Gasteiger partial charge is 0.490 e. The summed E-state index contributed by atoms with van der Waals surface area (Å²) in [4.78, 5) is 0. The number of aromatic nitrogens is 2. The van der Waals surface area contributed by atoms with E-state index in [9.17, 15) is 22.7 Å². The van der Waals surface area contributed by atoms with Gasteiger partial charge in [0.1, 0.15) is 18.2 Å². The molecule has 0 bridgehead atoms. The summed E-state index contributed by atoms with van der Waals surface area (Å²) in [6.45, 7) is -1.13. The van der Waals surface area contributed by atoms with Gasteiger partial charge in [-0.25, -0.2) is 9.07 Å². The Morgan fingerprint density at radius 3 is 2.40 bits per heavy atom. The van der Waals surface area contributed by atoms with E-state index in [0.29, 0.717) is 10.9 Å². The number of ether oxygens (including phenoxy) is 1. The summed E-state index contributed by atoms with van der Waals surface area (Å²) in [6.07, 6.45) is -3.60. The number of halogens is 4. The summed E-state index contributed by atoms with van der Waals surface area (Å²) in [5.74, 6) is -0.770. The van der Waals surface area contributed by atoms with Crippen molar-refractivity contribution in [1.29, 1.82) is 0 Å². The van der Waals surface area contributed by atoms with Crippen LogP contribution in [0.5, 0.6) is 5.75 Å². The van der Waals surface area contributed by atoms with Crippen LogP contribution in [0.25, 0.3) is 16.6 Å². The van der Waals surface area contributed by atoms with Crippen molar-refractivity contribution in [2.45, 2.75) is 11.8 Å². The molecule has 1 N–H and O–H groups in total. The first-order valence-electron chi connectivity index (χ1n) is 8.99. The van der Waals surface area contributed by atoms with E-state index in [2.05, 4.69) is 5.10 Å². The molecule has 0 amide bonds. The maximum absolute atomic E-state index is 13.8. The van der Waals surface area contributed by atoms with Crippen LogP contribution >= 0.6 is 0 Å². The van der Waals surface area contributed by atoms with Crippen molar-refractivity contribution in [1.82, 2.24) is 9.78 Å². The van der Waals surface area contributed by atoms with E-state index in [4.69, 9.17) is 4.74 Å². The van der Waals surface area contributed by atoms with Gasteiger partial charge in [0.25, 0.3) is 0 Å². The van der Waals surface area contributed by atoms with Crippen LogP contribution in [0.4, 0.5) is 17.6 Å². The molecule has 8 heteroatoms. The molecule has 4 rings (SSSR count). The minimum atomic E-state index is -5.02. The summed E-state index contributed by atoms with van der Waals surface area (Å²) in [6, 6.07) is 17.7. The van der Waals surface area contributed by atoms with E-state index >= 15 is 0 Å². The highest BCUT2D eigenvalue weighted by atomic mass is 19.4. The number of alkyl halides is 3. The van der Waals surface area contributed by atoms with Gasteiger partial charge >= 0.3 is 6.18 Å². The lowest BCUT2D eigenvalue weighted by molar-refractivity contribution is -0.275. The standard InChI is InChI=1S/C22H16F4N2O2/c23-17-5-4-8-19(12-17)30-14-21(29,22(24,25)26)16-9-10-20-15(11-16)13-27-28(20)18-6-2-1-3-7-18/h1-13,29H,14H2. The fourth-order valence-corrected chi connectivity index (χ4v) is 3.14. The van der Waals surface area contributed by atoms with Gasteiger partial charge in [-0.3, -0.25) is 0 Å². The fourth-order valence-electron chi connectivity index (χ4n) is 3.14. The first-order chi connectivity index (χ1) is 14.3. The van der Waals surface area contributed by atoms with E-state index in [-0.39, 0.29) is 5.75 Å². The predicted octanol–water partition coefficient (Wildman–Crippen LogP) is 4.99. The molecule has 0 aliphatic heterocycles. The van der Waals surface area contributed by atoms with E-state index < -0.39 is 29.8 Å². The normalized spacial score (nSPS) is 13.9. The molecule has 0 fully saturated rings. The van der Waals surface area contributed by atoms with Crippen LogP contribution in [0.15, 0.2) is 79.0 Å². The Morgan fingerprint density at radius 1 is 0.933 bits per heavy atom. The molecule has 4 aromatic rings. The van der Waals surface area contributed by atoms with E-state index in [1.165, 1.54) is 36.5 Å². The van der Waals surface area contributed by atoms with Crippen molar-refractivity contribution < 1.29 is 27.4 Å². The Labute approximate surface area is 168 Å². The monoisotopic (exact) mass is 416 g/mol. The maximum Gasteiger partial charge on any atom is 0.424 e. The molecule has 1 heterocycles. The van der Waals surface area contributed by atoms with Gasteiger partial charge in [0.05, 0.1) is 17.4 Å². The Bertz CT molecular complexity index is 1170. The van der Waals surface area contributed by atoms with E-state index in [1.54, 1.807) is 4.68 Å². The van der Waals surface area contributed by atoms with Crippen LogP contribution in [-0.4, -0.2) is 27.7 Å². The Kier molecular flexibility index (Phi) is 4.95. The summed E-state index contributed by atoms with van der Waals surface area (Å²) in [5, 5.41) is 15.2. The lowest BCUT2D eigenvalue weighted by Crippen LogP contribution is -2.47. The second kappa shape index (κ2) is 7.46. The molecular weight excluding hydrogens is 400 g/mol. The second-order valence-corrected chi connectivity index (χ2v) is 6.77. The van der Waals surface area contributed by atoms with Gasteiger partial charge < -0.3 is 9.84 Å². The summed E-state index contributed by atoms with van der Waals surface area (Å²) < 4.78 is 61.4. The summed E-state index contributed by atoms with van der Waals surface area (Å²) >= 11 is 0. The predicted molar refractivity (Wildman–Crippen MR) is 103 cm³/mol. The molecule has 3 aromatic carbocycles. The van der Waals surface area contributed by atoms with E-state index in [0.717, 1.165) is 17.8 Å². The molecule has 1 atom stereocenters. The highest BCUT2D eigenvalue weighted by Gasteiger charge is 2.56. The maximum atomic E-state index is 13.8. The minimum Gasteiger partial charge on any atom is -0.490 e. The molecule has 0 spiro atoms. The number of hydrogen-bond donors (Lipinski definition) is 1. The molecule has 154 valence electrons. The fraction of sp³-hybridized carbons (Fsp3) is 0.136. The quantitative estimate of drug-likeness (QED) is 0.466. The van der Waals surface area contributed by atoms with Gasteiger partial charge in [-0.1, -0.05) is 30.3 Å². The van der Waals surface area contributed by atoms with Gasteiger partial charge in [0, 0.05) is 11.5 Å². The lowest BCUT2D eigenvalue weighted by Gasteiger charge is -2.30. The Hall–Kier alpha value is -3.39. The molecule has 4 nitrogen and oxygen atoms in total. The number of rotatable bonds is 5. The van der Waals surface area contributed by atoms with Crippen molar-refractivity contribution in [3.63, 3.8) is 0 Å². The topological polar surface area (TPSA) is 47.3 Å². The molecule has 1 unspecified atom stereocenters. The molecule has 0 aliphatic rings. The zero-order chi connectivity index (χ0) is 21.4. The van der Waals surface area contributed by atoms with E-state index in [1.807, 2.05) is 30.3 Å². The van der Waals surface area contributed by atoms with Crippen LogP contribution in [0.3, 0.4) is 0 Å². The van der Waals surface area contributed by atoms with Crippen molar-refractivity contribution in [3.8, 4) is 11.4 Å². The number of nitrogens with zero attached hydrogens (tertiary/aromatic N) is 2. The van der Waals surface area contributed by atoms with Crippen LogP contribution in [-0.2, 0) is 5.60 Å². The van der Waals surface area contributed by atoms with Crippen molar-refractivity contribution in [3.05, 3.63) is 90.4 Å². The smallest absolute Gasteiger partial charge is 0.424 e. The van der Waals surface area contributed by atoms with Crippen LogP contribution in [0.2, 0.25) is 0 Å². The first-order valence-corrected chi connectivity index (χ1v) is 8.99. The average Bonchev–Trinajstić information content (AvgIpc) is 3.15. The van der Waals surface area contributed by atoms with Crippen LogP contribution in [0, 0.1) is 5.82 Å². The van der Waals surface area contributed by atoms with Gasteiger partial charge in [-0.2, -0.15) is 18.3 Å². The first kappa shape index (κ1) is 19.9. The van der Waals surface area contributed by atoms with Gasteiger partial charge in [0.2, 0.25) is 5.60 Å². The van der Waals surface area contributed by atoms with Crippen LogP contribution in [0.1, 0.15) is 5.56 Å².